The highest BCUT2D eigenvalue weighted by Gasteiger charge is 2.00. The Morgan fingerprint density at radius 2 is 1.73 bits per heavy atom. The Bertz CT molecular complexity index is 534. The summed E-state index contributed by atoms with van der Waals surface area (Å²) in [6, 6.07) is 10.7. The molecular formula is C11H11N3O. The van der Waals surface area contributed by atoms with Crippen molar-refractivity contribution in [2.75, 3.05) is 0 Å². The van der Waals surface area contributed by atoms with Gasteiger partial charge in [0, 0.05) is 5.56 Å². The molecule has 0 unspecified atom stereocenters. The molecule has 76 valence electrons. The fraction of sp³-hybridized carbons (Fsp3) is 0. The SMILES string of the molecule is N/N=C(\N)c1ccc2cc(O)ccc2c1. The van der Waals surface area contributed by atoms with Crippen LogP contribution in [-0.2, 0) is 0 Å². The van der Waals surface area contributed by atoms with E-state index in [2.05, 4.69) is 5.10 Å². The van der Waals surface area contributed by atoms with Crippen LogP contribution in [0.4, 0.5) is 0 Å². The van der Waals surface area contributed by atoms with Crippen LogP contribution >= 0.6 is 0 Å². The maximum absolute atomic E-state index is 9.29. The zero-order chi connectivity index (χ0) is 10.8. The summed E-state index contributed by atoms with van der Waals surface area (Å²) < 4.78 is 0. The van der Waals surface area contributed by atoms with Gasteiger partial charge in [0.05, 0.1) is 0 Å². The number of hydrogen-bond acceptors (Lipinski definition) is 3. The van der Waals surface area contributed by atoms with E-state index in [1.807, 2.05) is 24.3 Å². The smallest absolute Gasteiger partial charge is 0.150 e. The number of aromatic hydroxyl groups is 1. The molecule has 5 N–H and O–H groups in total. The van der Waals surface area contributed by atoms with Gasteiger partial charge in [0.15, 0.2) is 0 Å². The molecule has 0 fully saturated rings. The van der Waals surface area contributed by atoms with Gasteiger partial charge in [-0.25, -0.2) is 0 Å². The van der Waals surface area contributed by atoms with E-state index in [-0.39, 0.29) is 5.75 Å². The Morgan fingerprint density at radius 3 is 2.47 bits per heavy atom. The zero-order valence-corrected chi connectivity index (χ0v) is 8.01. The lowest BCUT2D eigenvalue weighted by Gasteiger charge is -2.02. The summed E-state index contributed by atoms with van der Waals surface area (Å²) in [6.45, 7) is 0. The molecule has 0 bridgehead atoms. The zero-order valence-electron chi connectivity index (χ0n) is 8.01. The summed E-state index contributed by atoms with van der Waals surface area (Å²) in [4.78, 5) is 0. The molecule has 0 atom stereocenters. The van der Waals surface area contributed by atoms with Gasteiger partial charge >= 0.3 is 0 Å². The maximum Gasteiger partial charge on any atom is 0.150 e. The third-order valence-electron chi connectivity index (χ3n) is 2.26. The van der Waals surface area contributed by atoms with Gasteiger partial charge in [-0.2, -0.15) is 5.10 Å². The second-order valence-corrected chi connectivity index (χ2v) is 3.26. The van der Waals surface area contributed by atoms with Crippen LogP contribution in [-0.4, -0.2) is 10.9 Å². The number of benzene rings is 2. The van der Waals surface area contributed by atoms with Crippen LogP contribution in [0, 0.1) is 0 Å². The highest BCUT2D eigenvalue weighted by atomic mass is 16.3. The number of nitrogens with two attached hydrogens (primary N) is 2. The molecule has 2 rings (SSSR count). The molecular weight excluding hydrogens is 190 g/mol. The minimum absolute atomic E-state index is 0.246. The van der Waals surface area contributed by atoms with Crippen LogP contribution in [0.15, 0.2) is 41.5 Å². The lowest BCUT2D eigenvalue weighted by molar-refractivity contribution is 0.476. The summed E-state index contributed by atoms with van der Waals surface area (Å²) in [5, 5.41) is 14.6. The van der Waals surface area contributed by atoms with Crippen LogP contribution in [0.1, 0.15) is 5.56 Å². The average molecular weight is 201 g/mol. The van der Waals surface area contributed by atoms with Crippen LogP contribution in [0.5, 0.6) is 5.75 Å². The van der Waals surface area contributed by atoms with Crippen molar-refractivity contribution in [1.82, 2.24) is 0 Å². The molecule has 2 aromatic rings. The first-order valence-electron chi connectivity index (χ1n) is 4.47. The van der Waals surface area contributed by atoms with Gasteiger partial charge in [0.2, 0.25) is 0 Å². The summed E-state index contributed by atoms with van der Waals surface area (Å²) in [5.41, 5.74) is 6.36. The molecule has 2 aromatic carbocycles. The van der Waals surface area contributed by atoms with Crippen molar-refractivity contribution >= 4 is 16.6 Å². The Labute approximate surface area is 86.8 Å². The van der Waals surface area contributed by atoms with Gasteiger partial charge in [-0.15, -0.1) is 0 Å². The van der Waals surface area contributed by atoms with Gasteiger partial charge in [-0.3, -0.25) is 0 Å². The number of phenolic OH excluding ortho intramolecular Hbond substituents is 1. The van der Waals surface area contributed by atoms with E-state index in [0.29, 0.717) is 5.84 Å². The number of nitrogens with zero attached hydrogens (tertiary/aromatic N) is 1. The highest BCUT2D eigenvalue weighted by molar-refractivity contribution is 6.00. The predicted octanol–water partition coefficient (Wildman–Crippen LogP) is 1.12. The van der Waals surface area contributed by atoms with E-state index in [9.17, 15) is 5.11 Å². The molecule has 0 spiro atoms. The van der Waals surface area contributed by atoms with Crippen LogP contribution in [0.25, 0.3) is 10.8 Å². The molecule has 0 amide bonds. The van der Waals surface area contributed by atoms with Crippen molar-refractivity contribution in [2.24, 2.45) is 16.7 Å². The fourth-order valence-electron chi connectivity index (χ4n) is 1.47. The number of rotatable bonds is 1. The number of fused-ring (bicyclic) bond motifs is 1. The minimum atomic E-state index is 0.246. The normalized spacial score (nSPS) is 11.9. The molecule has 4 heteroatoms. The second kappa shape index (κ2) is 3.49. The summed E-state index contributed by atoms with van der Waals surface area (Å²) in [6.07, 6.45) is 0. The molecule has 0 heterocycles. The molecule has 0 saturated carbocycles. The van der Waals surface area contributed by atoms with Crippen LogP contribution in [0.2, 0.25) is 0 Å². The second-order valence-electron chi connectivity index (χ2n) is 3.26. The fourth-order valence-corrected chi connectivity index (χ4v) is 1.47. The molecule has 0 radical (unpaired) electrons. The minimum Gasteiger partial charge on any atom is -0.508 e. The lowest BCUT2D eigenvalue weighted by atomic mass is 10.1. The molecule has 0 aromatic heterocycles. The number of amidine groups is 1. The third-order valence-corrected chi connectivity index (χ3v) is 2.26. The van der Waals surface area contributed by atoms with Crippen molar-refractivity contribution in [1.29, 1.82) is 0 Å². The molecule has 0 aliphatic carbocycles. The quantitative estimate of drug-likeness (QED) is 0.280. The number of phenols is 1. The largest absolute Gasteiger partial charge is 0.508 e. The van der Waals surface area contributed by atoms with Crippen molar-refractivity contribution in [3.8, 4) is 5.75 Å². The van der Waals surface area contributed by atoms with Crippen molar-refractivity contribution in [3.05, 3.63) is 42.0 Å². The topological polar surface area (TPSA) is 84.6 Å². The van der Waals surface area contributed by atoms with Crippen LogP contribution < -0.4 is 11.6 Å². The van der Waals surface area contributed by atoms with E-state index in [1.165, 1.54) is 0 Å². The van der Waals surface area contributed by atoms with Crippen molar-refractivity contribution in [3.63, 3.8) is 0 Å². The first kappa shape index (κ1) is 9.33. The first-order chi connectivity index (χ1) is 7.20. The summed E-state index contributed by atoms with van der Waals surface area (Å²) in [5.74, 6) is 5.64. The summed E-state index contributed by atoms with van der Waals surface area (Å²) in [7, 11) is 0. The van der Waals surface area contributed by atoms with E-state index in [4.69, 9.17) is 11.6 Å². The van der Waals surface area contributed by atoms with Gasteiger partial charge in [0.1, 0.15) is 11.6 Å². The molecule has 15 heavy (non-hydrogen) atoms. The molecule has 0 aliphatic rings. The molecule has 4 nitrogen and oxygen atoms in total. The van der Waals surface area contributed by atoms with Crippen molar-refractivity contribution in [2.45, 2.75) is 0 Å². The Kier molecular flexibility index (Phi) is 2.17. The van der Waals surface area contributed by atoms with E-state index >= 15 is 0 Å². The first-order valence-corrected chi connectivity index (χ1v) is 4.47. The Balaban J connectivity index is 2.62. The monoisotopic (exact) mass is 201 g/mol. The van der Waals surface area contributed by atoms with Crippen molar-refractivity contribution < 1.29 is 5.11 Å². The Hall–Kier alpha value is -2.23. The number of hydrazone groups is 1. The van der Waals surface area contributed by atoms with Gasteiger partial charge in [-0.1, -0.05) is 18.2 Å². The molecule has 0 aliphatic heterocycles. The number of hydrogen-bond donors (Lipinski definition) is 3. The van der Waals surface area contributed by atoms with E-state index in [0.717, 1.165) is 16.3 Å². The third kappa shape index (κ3) is 1.69. The van der Waals surface area contributed by atoms with Gasteiger partial charge in [0.25, 0.3) is 0 Å². The van der Waals surface area contributed by atoms with Gasteiger partial charge < -0.3 is 16.7 Å². The van der Waals surface area contributed by atoms with E-state index < -0.39 is 0 Å². The van der Waals surface area contributed by atoms with E-state index in [1.54, 1.807) is 12.1 Å². The highest BCUT2D eigenvalue weighted by Crippen LogP contribution is 2.20. The maximum atomic E-state index is 9.29. The predicted molar refractivity (Wildman–Crippen MR) is 60.5 cm³/mol. The Morgan fingerprint density at radius 1 is 1.07 bits per heavy atom. The molecule has 0 saturated heterocycles. The standard InChI is InChI=1S/C11H11N3O/c12-11(14-13)9-2-1-8-6-10(15)4-3-7(8)5-9/h1-6,15H,13H2,(H2,12,14). The summed E-state index contributed by atoms with van der Waals surface area (Å²) >= 11 is 0. The average Bonchev–Trinajstić information content (AvgIpc) is 2.27. The lowest BCUT2D eigenvalue weighted by Crippen LogP contribution is -2.15. The van der Waals surface area contributed by atoms with Gasteiger partial charge in [-0.05, 0) is 29.0 Å². The van der Waals surface area contributed by atoms with Crippen LogP contribution in [0.3, 0.4) is 0 Å².